The summed E-state index contributed by atoms with van der Waals surface area (Å²) in [5.41, 5.74) is 0.0598. The van der Waals surface area contributed by atoms with Crippen molar-refractivity contribution in [2.45, 2.75) is 46.1 Å². The van der Waals surface area contributed by atoms with Gasteiger partial charge in [0, 0.05) is 19.6 Å². The Morgan fingerprint density at radius 1 is 1.29 bits per heavy atom. The molecule has 0 N–H and O–H groups in total. The van der Waals surface area contributed by atoms with Crippen LogP contribution in [0.4, 0.5) is 0 Å². The van der Waals surface area contributed by atoms with Crippen LogP contribution in [0.1, 0.15) is 40.5 Å². The van der Waals surface area contributed by atoms with Crippen LogP contribution >= 0.6 is 0 Å². The minimum Gasteiger partial charge on any atom is -0.373 e. The first kappa shape index (κ1) is 12.0. The van der Waals surface area contributed by atoms with Gasteiger partial charge < -0.3 is 4.74 Å². The van der Waals surface area contributed by atoms with Gasteiger partial charge in [-0.3, -0.25) is 4.90 Å². The average molecular weight is 199 g/mol. The van der Waals surface area contributed by atoms with Crippen molar-refractivity contribution in [3.05, 3.63) is 0 Å². The number of morpholine rings is 1. The second-order valence-corrected chi connectivity index (χ2v) is 5.03. The Labute approximate surface area is 88.6 Å². The van der Waals surface area contributed by atoms with Gasteiger partial charge in [0.25, 0.3) is 0 Å². The third-order valence-electron chi connectivity index (χ3n) is 3.18. The fraction of sp³-hybridized carbons (Fsp3) is 1.00. The summed E-state index contributed by atoms with van der Waals surface area (Å²) in [6.45, 7) is 13.3. The molecule has 1 saturated heterocycles. The smallest absolute Gasteiger partial charge is 0.0753 e. The highest BCUT2D eigenvalue weighted by Crippen LogP contribution is 2.19. The molecule has 0 spiro atoms. The molecule has 0 unspecified atom stereocenters. The SMILES string of the molecule is CCC(CC)CN1CCOC(C)(C)C1. The van der Waals surface area contributed by atoms with Crippen molar-refractivity contribution in [2.24, 2.45) is 5.92 Å². The normalized spacial score (nSPS) is 22.9. The van der Waals surface area contributed by atoms with Crippen molar-refractivity contribution in [1.29, 1.82) is 0 Å². The van der Waals surface area contributed by atoms with E-state index in [4.69, 9.17) is 4.74 Å². The average Bonchev–Trinajstić information content (AvgIpc) is 2.12. The van der Waals surface area contributed by atoms with E-state index in [1.54, 1.807) is 0 Å². The van der Waals surface area contributed by atoms with Crippen LogP contribution in [-0.2, 0) is 4.74 Å². The highest BCUT2D eigenvalue weighted by molar-refractivity contribution is 4.80. The van der Waals surface area contributed by atoms with E-state index in [-0.39, 0.29) is 5.60 Å². The zero-order chi connectivity index (χ0) is 10.6. The van der Waals surface area contributed by atoms with Gasteiger partial charge in [0.2, 0.25) is 0 Å². The van der Waals surface area contributed by atoms with Crippen LogP contribution in [0.5, 0.6) is 0 Å². The molecule has 0 saturated carbocycles. The second kappa shape index (κ2) is 5.13. The third kappa shape index (κ3) is 3.58. The van der Waals surface area contributed by atoms with Crippen LogP contribution in [0.25, 0.3) is 0 Å². The van der Waals surface area contributed by atoms with E-state index < -0.39 is 0 Å². The van der Waals surface area contributed by atoms with E-state index in [0.717, 1.165) is 25.6 Å². The maximum absolute atomic E-state index is 5.70. The van der Waals surface area contributed by atoms with E-state index in [2.05, 4.69) is 32.6 Å². The molecule has 1 fully saturated rings. The van der Waals surface area contributed by atoms with Crippen molar-refractivity contribution in [3.63, 3.8) is 0 Å². The van der Waals surface area contributed by atoms with Gasteiger partial charge in [0.15, 0.2) is 0 Å². The zero-order valence-electron chi connectivity index (χ0n) is 10.2. The van der Waals surface area contributed by atoms with Crippen LogP contribution in [0.15, 0.2) is 0 Å². The lowest BCUT2D eigenvalue weighted by molar-refractivity contribution is -0.0891. The van der Waals surface area contributed by atoms with Crippen molar-refractivity contribution in [3.8, 4) is 0 Å². The van der Waals surface area contributed by atoms with Crippen LogP contribution in [0, 0.1) is 5.92 Å². The monoisotopic (exact) mass is 199 g/mol. The maximum atomic E-state index is 5.70. The van der Waals surface area contributed by atoms with E-state index in [0.29, 0.717) is 0 Å². The molecule has 0 bridgehead atoms. The first-order valence-corrected chi connectivity index (χ1v) is 5.93. The van der Waals surface area contributed by atoms with E-state index in [1.165, 1.54) is 19.4 Å². The van der Waals surface area contributed by atoms with Gasteiger partial charge in [-0.25, -0.2) is 0 Å². The lowest BCUT2D eigenvalue weighted by Crippen LogP contribution is -2.49. The van der Waals surface area contributed by atoms with Gasteiger partial charge in [-0.05, 0) is 19.8 Å². The molecule has 0 aromatic rings. The lowest BCUT2D eigenvalue weighted by atomic mass is 10.0. The van der Waals surface area contributed by atoms with Gasteiger partial charge in [0.05, 0.1) is 12.2 Å². The van der Waals surface area contributed by atoms with E-state index in [1.807, 2.05) is 0 Å². The lowest BCUT2D eigenvalue weighted by Gasteiger charge is -2.39. The molecule has 0 aromatic heterocycles. The molecule has 84 valence electrons. The third-order valence-corrected chi connectivity index (χ3v) is 3.18. The highest BCUT2D eigenvalue weighted by atomic mass is 16.5. The largest absolute Gasteiger partial charge is 0.373 e. The van der Waals surface area contributed by atoms with Gasteiger partial charge >= 0.3 is 0 Å². The van der Waals surface area contributed by atoms with Crippen molar-refractivity contribution >= 4 is 0 Å². The molecule has 0 amide bonds. The minimum atomic E-state index is 0.0598. The van der Waals surface area contributed by atoms with Crippen molar-refractivity contribution < 1.29 is 4.74 Å². The Morgan fingerprint density at radius 2 is 1.93 bits per heavy atom. The molecule has 1 rings (SSSR count). The second-order valence-electron chi connectivity index (χ2n) is 5.03. The fourth-order valence-electron chi connectivity index (χ4n) is 2.18. The molecule has 1 aliphatic heterocycles. The minimum absolute atomic E-state index is 0.0598. The van der Waals surface area contributed by atoms with Crippen LogP contribution < -0.4 is 0 Å². The number of rotatable bonds is 4. The Kier molecular flexibility index (Phi) is 4.39. The van der Waals surface area contributed by atoms with Crippen LogP contribution in [0.2, 0.25) is 0 Å². The summed E-state index contributed by atoms with van der Waals surface area (Å²) in [6.07, 6.45) is 2.60. The zero-order valence-corrected chi connectivity index (χ0v) is 10.2. The maximum Gasteiger partial charge on any atom is 0.0753 e. The topological polar surface area (TPSA) is 12.5 Å². The number of nitrogens with zero attached hydrogens (tertiary/aromatic N) is 1. The Bertz CT molecular complexity index is 164. The summed E-state index contributed by atoms with van der Waals surface area (Å²) in [5.74, 6) is 0.865. The number of ether oxygens (including phenoxy) is 1. The summed E-state index contributed by atoms with van der Waals surface area (Å²) < 4.78 is 5.70. The van der Waals surface area contributed by atoms with Gasteiger partial charge in [-0.15, -0.1) is 0 Å². The molecule has 0 aromatic carbocycles. The molecule has 1 heterocycles. The molecule has 0 aliphatic carbocycles. The summed E-state index contributed by atoms with van der Waals surface area (Å²) in [4.78, 5) is 2.56. The Morgan fingerprint density at radius 3 is 2.43 bits per heavy atom. The Hall–Kier alpha value is -0.0800. The van der Waals surface area contributed by atoms with E-state index in [9.17, 15) is 0 Å². The molecule has 2 heteroatoms. The highest BCUT2D eigenvalue weighted by Gasteiger charge is 2.27. The summed E-state index contributed by atoms with van der Waals surface area (Å²) >= 11 is 0. The molecule has 1 aliphatic rings. The van der Waals surface area contributed by atoms with Gasteiger partial charge in [0.1, 0.15) is 0 Å². The predicted molar refractivity (Wildman–Crippen MR) is 60.5 cm³/mol. The van der Waals surface area contributed by atoms with Crippen molar-refractivity contribution in [1.82, 2.24) is 4.90 Å². The summed E-state index contributed by atoms with van der Waals surface area (Å²) in [7, 11) is 0. The predicted octanol–water partition coefficient (Wildman–Crippen LogP) is 2.53. The number of hydrogen-bond donors (Lipinski definition) is 0. The molecular weight excluding hydrogens is 174 g/mol. The Balaban J connectivity index is 2.37. The van der Waals surface area contributed by atoms with Gasteiger partial charge in [-0.1, -0.05) is 26.7 Å². The molecule has 0 radical (unpaired) electrons. The fourth-order valence-corrected chi connectivity index (χ4v) is 2.18. The summed E-state index contributed by atoms with van der Waals surface area (Å²) in [5, 5.41) is 0. The van der Waals surface area contributed by atoms with Crippen molar-refractivity contribution in [2.75, 3.05) is 26.2 Å². The first-order valence-electron chi connectivity index (χ1n) is 5.93. The summed E-state index contributed by atoms with van der Waals surface area (Å²) in [6, 6.07) is 0. The van der Waals surface area contributed by atoms with Gasteiger partial charge in [-0.2, -0.15) is 0 Å². The molecular formula is C12H25NO. The van der Waals surface area contributed by atoms with Crippen LogP contribution in [-0.4, -0.2) is 36.7 Å². The van der Waals surface area contributed by atoms with E-state index >= 15 is 0 Å². The quantitative estimate of drug-likeness (QED) is 0.690. The molecule has 2 nitrogen and oxygen atoms in total. The molecule has 14 heavy (non-hydrogen) atoms. The number of hydrogen-bond acceptors (Lipinski definition) is 2. The molecule has 0 atom stereocenters. The standard InChI is InChI=1S/C12H25NO/c1-5-11(6-2)9-13-7-8-14-12(3,4)10-13/h11H,5-10H2,1-4H3. The first-order chi connectivity index (χ1) is 6.57. The van der Waals surface area contributed by atoms with Crippen LogP contribution in [0.3, 0.4) is 0 Å².